The van der Waals surface area contributed by atoms with E-state index in [-0.39, 0.29) is 11.6 Å². The van der Waals surface area contributed by atoms with Gasteiger partial charge in [-0.3, -0.25) is 9.59 Å². The Morgan fingerprint density at radius 3 is 1.82 bits per heavy atom. The van der Waals surface area contributed by atoms with Gasteiger partial charge in [-0.2, -0.15) is 0 Å². The molecule has 0 bridgehead atoms. The third-order valence-corrected chi connectivity index (χ3v) is 3.29. The van der Waals surface area contributed by atoms with E-state index in [4.69, 9.17) is 0 Å². The number of carbonyl (C=O) groups is 2. The average Bonchev–Trinajstić information content (AvgIpc) is 2.52. The lowest BCUT2D eigenvalue weighted by Crippen LogP contribution is -2.00. The molecule has 22 heavy (non-hydrogen) atoms. The highest BCUT2D eigenvalue weighted by Gasteiger charge is 2.10. The summed E-state index contributed by atoms with van der Waals surface area (Å²) in [6, 6.07) is 19.0. The third-order valence-electron chi connectivity index (χ3n) is 3.29. The Hall–Kier alpha value is -2.74. The van der Waals surface area contributed by atoms with Crippen LogP contribution in [0.15, 0.2) is 72.3 Å². The summed E-state index contributed by atoms with van der Waals surface area (Å²) in [6.07, 6.45) is 3.47. The molecule has 0 saturated carbocycles. The SMILES string of the molecule is CC(=O)C(=Cc1ccccc1)C=C(C(C)=O)c1ccccc1. The van der Waals surface area contributed by atoms with Crippen molar-refractivity contribution >= 4 is 23.2 Å². The van der Waals surface area contributed by atoms with Crippen molar-refractivity contribution in [1.82, 2.24) is 0 Å². The number of hydrogen-bond donors (Lipinski definition) is 0. The summed E-state index contributed by atoms with van der Waals surface area (Å²) in [7, 11) is 0. The van der Waals surface area contributed by atoms with E-state index in [1.54, 1.807) is 12.2 Å². The number of hydrogen-bond acceptors (Lipinski definition) is 2. The first-order valence-electron chi connectivity index (χ1n) is 7.13. The second-order valence-corrected chi connectivity index (χ2v) is 5.05. The topological polar surface area (TPSA) is 34.1 Å². The fraction of sp³-hybridized carbons (Fsp3) is 0.100. The van der Waals surface area contributed by atoms with Crippen molar-refractivity contribution < 1.29 is 9.59 Å². The van der Waals surface area contributed by atoms with E-state index in [9.17, 15) is 9.59 Å². The van der Waals surface area contributed by atoms with E-state index < -0.39 is 0 Å². The van der Waals surface area contributed by atoms with E-state index in [2.05, 4.69) is 0 Å². The largest absolute Gasteiger partial charge is 0.295 e. The first kappa shape index (κ1) is 15.6. The second-order valence-electron chi connectivity index (χ2n) is 5.05. The molecule has 0 unspecified atom stereocenters. The Balaban J connectivity index is 2.50. The third kappa shape index (κ3) is 4.13. The molecule has 0 atom stereocenters. The van der Waals surface area contributed by atoms with Crippen molar-refractivity contribution in [1.29, 1.82) is 0 Å². The first-order valence-corrected chi connectivity index (χ1v) is 7.13. The summed E-state index contributed by atoms with van der Waals surface area (Å²) >= 11 is 0. The summed E-state index contributed by atoms with van der Waals surface area (Å²) in [5, 5.41) is 0. The van der Waals surface area contributed by atoms with Crippen LogP contribution in [-0.4, -0.2) is 11.6 Å². The van der Waals surface area contributed by atoms with Gasteiger partial charge in [-0.15, -0.1) is 0 Å². The summed E-state index contributed by atoms with van der Waals surface area (Å²) in [5.41, 5.74) is 2.80. The lowest BCUT2D eigenvalue weighted by atomic mass is 9.97. The van der Waals surface area contributed by atoms with Gasteiger partial charge in [0.1, 0.15) is 0 Å². The number of carbonyl (C=O) groups excluding carboxylic acids is 2. The molecular weight excluding hydrogens is 272 g/mol. The van der Waals surface area contributed by atoms with Gasteiger partial charge < -0.3 is 0 Å². The molecule has 110 valence electrons. The number of Topliss-reactive ketones (excluding diaryl/α,β-unsaturated/α-hetero) is 2. The molecular formula is C20H18O2. The van der Waals surface area contributed by atoms with Crippen LogP contribution in [0.3, 0.4) is 0 Å². The van der Waals surface area contributed by atoms with Crippen LogP contribution in [-0.2, 0) is 9.59 Å². The monoisotopic (exact) mass is 290 g/mol. The molecule has 0 fully saturated rings. The van der Waals surface area contributed by atoms with E-state index in [0.29, 0.717) is 11.1 Å². The van der Waals surface area contributed by atoms with Crippen LogP contribution in [0.5, 0.6) is 0 Å². The molecule has 0 radical (unpaired) electrons. The van der Waals surface area contributed by atoms with E-state index in [1.165, 1.54) is 13.8 Å². The van der Waals surface area contributed by atoms with E-state index >= 15 is 0 Å². The molecule has 0 aromatic heterocycles. The maximum absolute atomic E-state index is 11.9. The molecule has 0 spiro atoms. The highest BCUT2D eigenvalue weighted by atomic mass is 16.1. The molecule has 0 aliphatic heterocycles. The van der Waals surface area contributed by atoms with E-state index in [0.717, 1.165) is 11.1 Å². The predicted molar refractivity (Wildman–Crippen MR) is 90.2 cm³/mol. The fourth-order valence-electron chi connectivity index (χ4n) is 2.14. The zero-order valence-corrected chi connectivity index (χ0v) is 12.7. The molecule has 2 rings (SSSR count). The zero-order valence-electron chi connectivity index (χ0n) is 12.7. The van der Waals surface area contributed by atoms with Crippen LogP contribution in [0, 0.1) is 0 Å². The van der Waals surface area contributed by atoms with Crippen molar-refractivity contribution in [2.45, 2.75) is 13.8 Å². The van der Waals surface area contributed by atoms with Crippen LogP contribution in [0.25, 0.3) is 11.6 Å². The highest BCUT2D eigenvalue weighted by molar-refractivity contribution is 6.21. The molecule has 0 amide bonds. The van der Waals surface area contributed by atoms with Crippen LogP contribution >= 0.6 is 0 Å². The van der Waals surface area contributed by atoms with Gasteiger partial charge in [0.25, 0.3) is 0 Å². The number of rotatable bonds is 5. The lowest BCUT2D eigenvalue weighted by molar-refractivity contribution is -0.113. The number of allylic oxidation sites excluding steroid dienone is 3. The van der Waals surface area contributed by atoms with Gasteiger partial charge in [0.05, 0.1) is 0 Å². The van der Waals surface area contributed by atoms with Gasteiger partial charge in [0.2, 0.25) is 0 Å². The van der Waals surface area contributed by atoms with Crippen molar-refractivity contribution in [2.24, 2.45) is 0 Å². The minimum absolute atomic E-state index is 0.0635. The van der Waals surface area contributed by atoms with Crippen LogP contribution in [0.2, 0.25) is 0 Å². The van der Waals surface area contributed by atoms with Gasteiger partial charge in [-0.25, -0.2) is 0 Å². The molecule has 0 aliphatic carbocycles. The Labute approximate surface area is 130 Å². The Morgan fingerprint density at radius 1 is 0.773 bits per heavy atom. The zero-order chi connectivity index (χ0) is 15.9. The molecule has 0 saturated heterocycles. The second kappa shape index (κ2) is 7.32. The van der Waals surface area contributed by atoms with Gasteiger partial charge in [0, 0.05) is 11.1 Å². The van der Waals surface area contributed by atoms with Crippen LogP contribution in [0.4, 0.5) is 0 Å². The van der Waals surface area contributed by atoms with Gasteiger partial charge in [-0.05, 0) is 37.1 Å². The molecule has 2 heteroatoms. The van der Waals surface area contributed by atoms with Crippen LogP contribution < -0.4 is 0 Å². The summed E-state index contributed by atoms with van der Waals surface area (Å²) in [5.74, 6) is -0.134. The summed E-state index contributed by atoms with van der Waals surface area (Å²) < 4.78 is 0. The molecule has 0 aliphatic rings. The highest BCUT2D eigenvalue weighted by Crippen LogP contribution is 2.19. The number of ketones is 2. The van der Waals surface area contributed by atoms with Gasteiger partial charge in [-0.1, -0.05) is 60.7 Å². The fourth-order valence-corrected chi connectivity index (χ4v) is 2.14. The van der Waals surface area contributed by atoms with Gasteiger partial charge >= 0.3 is 0 Å². The molecule has 0 heterocycles. The Bertz CT molecular complexity index is 723. The lowest BCUT2D eigenvalue weighted by Gasteiger charge is -2.06. The van der Waals surface area contributed by atoms with Crippen LogP contribution in [0.1, 0.15) is 25.0 Å². The molecule has 2 nitrogen and oxygen atoms in total. The average molecular weight is 290 g/mol. The maximum Gasteiger partial charge on any atom is 0.160 e. The smallest absolute Gasteiger partial charge is 0.160 e. The predicted octanol–water partition coefficient (Wildman–Crippen LogP) is 4.33. The molecule has 0 N–H and O–H groups in total. The van der Waals surface area contributed by atoms with E-state index in [1.807, 2.05) is 60.7 Å². The standard InChI is InChI=1S/C20H18O2/c1-15(21)19(13-17-9-5-3-6-10-17)14-20(16(2)22)18-11-7-4-8-12-18/h3-14H,1-2H3. The molecule has 2 aromatic carbocycles. The number of benzene rings is 2. The summed E-state index contributed by atoms with van der Waals surface area (Å²) in [4.78, 5) is 23.9. The van der Waals surface area contributed by atoms with Crippen molar-refractivity contribution in [3.63, 3.8) is 0 Å². The maximum atomic E-state index is 11.9. The first-order chi connectivity index (χ1) is 10.6. The quantitative estimate of drug-likeness (QED) is 0.606. The summed E-state index contributed by atoms with van der Waals surface area (Å²) in [6.45, 7) is 3.02. The minimum atomic E-state index is -0.0708. The van der Waals surface area contributed by atoms with Crippen molar-refractivity contribution in [3.8, 4) is 0 Å². The normalized spacial score (nSPS) is 12.1. The van der Waals surface area contributed by atoms with Crippen molar-refractivity contribution in [2.75, 3.05) is 0 Å². The van der Waals surface area contributed by atoms with Crippen molar-refractivity contribution in [3.05, 3.63) is 83.4 Å². The Morgan fingerprint density at radius 2 is 1.32 bits per heavy atom. The minimum Gasteiger partial charge on any atom is -0.295 e. The van der Waals surface area contributed by atoms with Gasteiger partial charge in [0.15, 0.2) is 11.6 Å². The Kier molecular flexibility index (Phi) is 5.21. The molecule has 2 aromatic rings.